The normalized spacial score (nSPS) is 13.9. The smallest absolute Gasteiger partial charge is 0.00585 e. The quantitative estimate of drug-likeness (QED) is 0.628. The highest BCUT2D eigenvalue weighted by Crippen LogP contribution is 2.11. The molecule has 0 aromatic carbocycles. The number of thioether (sulfide) groups is 1. The van der Waals surface area contributed by atoms with Gasteiger partial charge >= 0.3 is 0 Å². The van der Waals surface area contributed by atoms with Crippen LogP contribution < -0.4 is 5.73 Å². The van der Waals surface area contributed by atoms with Crippen molar-refractivity contribution in [3.8, 4) is 0 Å². The standard InChI is InChI=1S/C6H15NS/c1-3-6(2)8-5-4-7/h6H,3-5,7H2,1-2H3. The van der Waals surface area contributed by atoms with Crippen LogP contribution in [0.1, 0.15) is 20.3 Å². The molecule has 2 heteroatoms. The van der Waals surface area contributed by atoms with E-state index < -0.39 is 0 Å². The van der Waals surface area contributed by atoms with Gasteiger partial charge in [0, 0.05) is 17.5 Å². The van der Waals surface area contributed by atoms with E-state index in [9.17, 15) is 0 Å². The molecule has 0 fully saturated rings. The Balaban J connectivity index is 2.86. The zero-order valence-corrected chi connectivity index (χ0v) is 6.50. The number of nitrogens with two attached hydrogens (primary N) is 1. The van der Waals surface area contributed by atoms with Crippen molar-refractivity contribution in [3.63, 3.8) is 0 Å². The van der Waals surface area contributed by atoms with Crippen LogP contribution in [0.3, 0.4) is 0 Å². The monoisotopic (exact) mass is 133 g/mol. The summed E-state index contributed by atoms with van der Waals surface area (Å²) < 4.78 is 0. The summed E-state index contributed by atoms with van der Waals surface area (Å²) in [6, 6.07) is 0. The number of hydrogen-bond acceptors (Lipinski definition) is 2. The summed E-state index contributed by atoms with van der Waals surface area (Å²) in [5, 5.41) is 0.790. The molecule has 1 unspecified atom stereocenters. The van der Waals surface area contributed by atoms with E-state index in [1.54, 1.807) is 0 Å². The highest BCUT2D eigenvalue weighted by molar-refractivity contribution is 7.99. The summed E-state index contributed by atoms with van der Waals surface area (Å²) in [5.41, 5.74) is 5.31. The molecular formula is C6H15NS. The predicted octanol–water partition coefficient (Wildman–Crippen LogP) is 1.48. The van der Waals surface area contributed by atoms with Gasteiger partial charge in [-0.05, 0) is 6.42 Å². The highest BCUT2D eigenvalue weighted by Gasteiger charge is 1.94. The molecule has 8 heavy (non-hydrogen) atoms. The Hall–Kier alpha value is 0.310. The summed E-state index contributed by atoms with van der Waals surface area (Å²) in [6.07, 6.45) is 1.25. The van der Waals surface area contributed by atoms with E-state index in [0.29, 0.717) is 0 Å². The molecule has 0 aliphatic carbocycles. The predicted molar refractivity (Wildman–Crippen MR) is 41.3 cm³/mol. The second-order valence-corrected chi connectivity index (χ2v) is 3.42. The first kappa shape index (κ1) is 8.31. The molecule has 1 nitrogen and oxygen atoms in total. The van der Waals surface area contributed by atoms with Crippen molar-refractivity contribution < 1.29 is 0 Å². The molecule has 2 N–H and O–H groups in total. The fourth-order valence-corrected chi connectivity index (χ4v) is 1.16. The maximum atomic E-state index is 5.31. The molecule has 0 radical (unpaired) electrons. The molecule has 0 aliphatic rings. The van der Waals surface area contributed by atoms with Gasteiger partial charge < -0.3 is 5.73 Å². The summed E-state index contributed by atoms with van der Waals surface area (Å²) in [5.74, 6) is 1.11. The van der Waals surface area contributed by atoms with Gasteiger partial charge in [-0.3, -0.25) is 0 Å². The minimum atomic E-state index is 0.790. The van der Waals surface area contributed by atoms with Crippen molar-refractivity contribution in [1.82, 2.24) is 0 Å². The van der Waals surface area contributed by atoms with Crippen LogP contribution in [-0.4, -0.2) is 17.5 Å². The average molecular weight is 133 g/mol. The Kier molecular flexibility index (Phi) is 5.66. The van der Waals surface area contributed by atoms with Gasteiger partial charge in [0.15, 0.2) is 0 Å². The van der Waals surface area contributed by atoms with Gasteiger partial charge in [0.1, 0.15) is 0 Å². The Morgan fingerprint density at radius 3 is 2.62 bits per heavy atom. The topological polar surface area (TPSA) is 26.0 Å². The van der Waals surface area contributed by atoms with E-state index in [-0.39, 0.29) is 0 Å². The molecule has 0 heterocycles. The van der Waals surface area contributed by atoms with E-state index in [2.05, 4.69) is 13.8 Å². The molecule has 0 saturated carbocycles. The largest absolute Gasteiger partial charge is 0.330 e. The fourth-order valence-electron chi connectivity index (χ4n) is 0.387. The molecule has 0 bridgehead atoms. The minimum Gasteiger partial charge on any atom is -0.330 e. The fraction of sp³-hybridized carbons (Fsp3) is 1.00. The highest BCUT2D eigenvalue weighted by atomic mass is 32.2. The third-order valence-electron chi connectivity index (χ3n) is 1.10. The zero-order valence-electron chi connectivity index (χ0n) is 5.68. The van der Waals surface area contributed by atoms with Gasteiger partial charge in [-0.2, -0.15) is 11.8 Å². The maximum absolute atomic E-state index is 5.31. The van der Waals surface area contributed by atoms with Gasteiger partial charge in [0.05, 0.1) is 0 Å². The number of rotatable bonds is 4. The average Bonchev–Trinajstić information content (AvgIpc) is 1.83. The molecule has 50 valence electrons. The molecular weight excluding hydrogens is 118 g/mol. The third kappa shape index (κ3) is 4.47. The van der Waals surface area contributed by atoms with Gasteiger partial charge in [-0.1, -0.05) is 13.8 Å². The molecule has 1 atom stereocenters. The van der Waals surface area contributed by atoms with Gasteiger partial charge in [0.2, 0.25) is 0 Å². The molecule has 0 rings (SSSR count). The van der Waals surface area contributed by atoms with Crippen molar-refractivity contribution >= 4 is 11.8 Å². The van der Waals surface area contributed by atoms with Crippen LogP contribution in [0.4, 0.5) is 0 Å². The van der Waals surface area contributed by atoms with Gasteiger partial charge in [0.25, 0.3) is 0 Å². The van der Waals surface area contributed by atoms with E-state index in [1.165, 1.54) is 6.42 Å². The van der Waals surface area contributed by atoms with Crippen LogP contribution in [0.5, 0.6) is 0 Å². The summed E-state index contributed by atoms with van der Waals surface area (Å²) in [6.45, 7) is 5.25. The van der Waals surface area contributed by atoms with Crippen LogP contribution in [0, 0.1) is 0 Å². The lowest BCUT2D eigenvalue weighted by Gasteiger charge is -2.04. The van der Waals surface area contributed by atoms with Crippen LogP contribution in [0.2, 0.25) is 0 Å². The van der Waals surface area contributed by atoms with Crippen molar-refractivity contribution in [2.45, 2.75) is 25.5 Å². The molecule has 0 amide bonds. The zero-order chi connectivity index (χ0) is 6.41. The second-order valence-electron chi connectivity index (χ2n) is 1.88. The lowest BCUT2D eigenvalue weighted by atomic mass is 10.4. The Morgan fingerprint density at radius 1 is 1.62 bits per heavy atom. The van der Waals surface area contributed by atoms with Gasteiger partial charge in [-0.25, -0.2) is 0 Å². The maximum Gasteiger partial charge on any atom is 0.00585 e. The van der Waals surface area contributed by atoms with Crippen LogP contribution in [-0.2, 0) is 0 Å². The number of hydrogen-bond donors (Lipinski definition) is 1. The third-order valence-corrected chi connectivity index (χ3v) is 2.47. The lowest BCUT2D eigenvalue weighted by molar-refractivity contribution is 0.904. The van der Waals surface area contributed by atoms with Gasteiger partial charge in [-0.15, -0.1) is 0 Å². The van der Waals surface area contributed by atoms with Crippen LogP contribution in [0.15, 0.2) is 0 Å². The Bertz CT molecular complexity index is 47.8. The van der Waals surface area contributed by atoms with Crippen molar-refractivity contribution in [1.29, 1.82) is 0 Å². The van der Waals surface area contributed by atoms with Crippen LogP contribution >= 0.6 is 11.8 Å². The molecule has 0 aliphatic heterocycles. The summed E-state index contributed by atoms with van der Waals surface area (Å²) in [4.78, 5) is 0. The van der Waals surface area contributed by atoms with E-state index in [0.717, 1.165) is 17.5 Å². The van der Waals surface area contributed by atoms with E-state index in [1.807, 2.05) is 11.8 Å². The molecule has 0 saturated heterocycles. The first-order chi connectivity index (χ1) is 3.81. The molecule has 0 aromatic rings. The van der Waals surface area contributed by atoms with Crippen LogP contribution in [0.25, 0.3) is 0 Å². The summed E-state index contributed by atoms with van der Waals surface area (Å²) >= 11 is 1.95. The van der Waals surface area contributed by atoms with E-state index >= 15 is 0 Å². The molecule has 0 aromatic heterocycles. The Labute approximate surface area is 56.0 Å². The van der Waals surface area contributed by atoms with E-state index in [4.69, 9.17) is 5.73 Å². The first-order valence-corrected chi connectivity index (χ1v) is 4.17. The molecule has 0 spiro atoms. The van der Waals surface area contributed by atoms with Crippen molar-refractivity contribution in [2.24, 2.45) is 5.73 Å². The second kappa shape index (κ2) is 5.45. The lowest BCUT2D eigenvalue weighted by Crippen LogP contribution is -2.04. The minimum absolute atomic E-state index is 0.790. The SMILES string of the molecule is CCC(C)SCCN. The summed E-state index contributed by atoms with van der Waals surface area (Å²) in [7, 11) is 0. The van der Waals surface area contributed by atoms with Crippen molar-refractivity contribution in [2.75, 3.05) is 12.3 Å². The first-order valence-electron chi connectivity index (χ1n) is 3.13. The van der Waals surface area contributed by atoms with Crippen molar-refractivity contribution in [3.05, 3.63) is 0 Å². The Morgan fingerprint density at radius 2 is 2.25 bits per heavy atom.